The third-order valence-electron chi connectivity index (χ3n) is 3.72. The molecule has 0 bridgehead atoms. The lowest BCUT2D eigenvalue weighted by molar-refractivity contribution is 0.629. The average Bonchev–Trinajstić information content (AvgIpc) is 2.61. The standard InChI is InChI=1S/C21H21OP/c1-17(2)18-13-15-19(16-14-18)22-23(20-9-5-3-6-10-20)21-11-7-4-8-12-21/h3-17H,1-2H3. The summed E-state index contributed by atoms with van der Waals surface area (Å²) >= 11 is 0. The molecule has 0 heterocycles. The normalized spacial score (nSPS) is 11.0. The summed E-state index contributed by atoms with van der Waals surface area (Å²) in [5, 5.41) is 2.45. The Hall–Kier alpha value is -2.11. The van der Waals surface area contributed by atoms with E-state index in [1.807, 2.05) is 12.1 Å². The number of hydrogen-bond acceptors (Lipinski definition) is 1. The summed E-state index contributed by atoms with van der Waals surface area (Å²) in [7, 11) is -0.852. The van der Waals surface area contributed by atoms with Crippen LogP contribution in [0.3, 0.4) is 0 Å². The van der Waals surface area contributed by atoms with Crippen molar-refractivity contribution in [3.05, 3.63) is 90.5 Å². The predicted molar refractivity (Wildman–Crippen MR) is 100 cm³/mol. The third kappa shape index (κ3) is 4.00. The van der Waals surface area contributed by atoms with E-state index in [9.17, 15) is 0 Å². The molecule has 23 heavy (non-hydrogen) atoms. The summed E-state index contributed by atoms with van der Waals surface area (Å²) in [6.07, 6.45) is 0. The fourth-order valence-corrected chi connectivity index (χ4v) is 4.13. The molecule has 0 spiro atoms. The fraction of sp³-hybridized carbons (Fsp3) is 0.143. The van der Waals surface area contributed by atoms with Crippen molar-refractivity contribution < 1.29 is 4.52 Å². The molecule has 0 aliphatic rings. The van der Waals surface area contributed by atoms with Crippen LogP contribution in [0.15, 0.2) is 84.9 Å². The van der Waals surface area contributed by atoms with Gasteiger partial charge in [-0.25, -0.2) is 0 Å². The second kappa shape index (κ2) is 7.44. The highest BCUT2D eigenvalue weighted by Gasteiger charge is 2.16. The first-order chi connectivity index (χ1) is 11.2. The Kier molecular flexibility index (Phi) is 5.10. The topological polar surface area (TPSA) is 9.23 Å². The van der Waals surface area contributed by atoms with Crippen LogP contribution in [0.1, 0.15) is 25.3 Å². The summed E-state index contributed by atoms with van der Waals surface area (Å²) in [6.45, 7) is 4.41. The molecule has 116 valence electrons. The molecule has 0 aromatic heterocycles. The van der Waals surface area contributed by atoms with Crippen molar-refractivity contribution in [1.29, 1.82) is 0 Å². The van der Waals surface area contributed by atoms with Crippen molar-refractivity contribution in [2.24, 2.45) is 0 Å². The maximum atomic E-state index is 6.39. The van der Waals surface area contributed by atoms with Crippen molar-refractivity contribution in [3.8, 4) is 5.75 Å². The molecule has 0 aliphatic heterocycles. The van der Waals surface area contributed by atoms with Gasteiger partial charge >= 0.3 is 0 Å². The molecule has 0 unspecified atom stereocenters. The summed E-state index contributed by atoms with van der Waals surface area (Å²) in [5.74, 6) is 1.46. The second-order valence-corrected chi connectivity index (χ2v) is 7.58. The number of rotatable bonds is 5. The Balaban J connectivity index is 1.90. The van der Waals surface area contributed by atoms with Crippen molar-refractivity contribution in [2.75, 3.05) is 0 Å². The van der Waals surface area contributed by atoms with Crippen LogP contribution in [0.2, 0.25) is 0 Å². The minimum Gasteiger partial charge on any atom is -0.464 e. The van der Waals surface area contributed by atoms with Crippen LogP contribution < -0.4 is 15.1 Å². The predicted octanol–water partition coefficient (Wildman–Crippen LogP) is 5.24. The Labute approximate surface area is 139 Å². The average molecular weight is 320 g/mol. The van der Waals surface area contributed by atoms with Crippen molar-refractivity contribution in [1.82, 2.24) is 0 Å². The summed E-state index contributed by atoms with van der Waals surface area (Å²) in [5.41, 5.74) is 1.33. The summed E-state index contributed by atoms with van der Waals surface area (Å²) < 4.78 is 6.39. The van der Waals surface area contributed by atoms with E-state index >= 15 is 0 Å². The molecule has 3 aromatic rings. The Morgan fingerprint density at radius 1 is 0.652 bits per heavy atom. The van der Waals surface area contributed by atoms with Gasteiger partial charge in [0.25, 0.3) is 0 Å². The zero-order valence-electron chi connectivity index (χ0n) is 13.5. The van der Waals surface area contributed by atoms with Crippen molar-refractivity contribution >= 4 is 18.8 Å². The summed E-state index contributed by atoms with van der Waals surface area (Å²) in [6, 6.07) is 29.4. The number of hydrogen-bond donors (Lipinski definition) is 0. The SMILES string of the molecule is CC(C)c1ccc(OP(c2ccccc2)c2ccccc2)cc1. The molecular formula is C21H21OP. The van der Waals surface area contributed by atoms with E-state index in [4.69, 9.17) is 4.52 Å². The highest BCUT2D eigenvalue weighted by Crippen LogP contribution is 2.36. The molecule has 0 aliphatic carbocycles. The minimum atomic E-state index is -0.852. The molecule has 3 aromatic carbocycles. The smallest absolute Gasteiger partial charge is 0.150 e. The molecule has 3 rings (SSSR count). The maximum absolute atomic E-state index is 6.39. The van der Waals surface area contributed by atoms with E-state index in [-0.39, 0.29) is 0 Å². The van der Waals surface area contributed by atoms with Gasteiger partial charge in [0.15, 0.2) is 8.15 Å². The van der Waals surface area contributed by atoms with Gasteiger partial charge in [-0.1, -0.05) is 86.6 Å². The molecule has 0 saturated carbocycles. The minimum absolute atomic E-state index is 0.536. The van der Waals surface area contributed by atoms with Gasteiger partial charge in [-0.15, -0.1) is 0 Å². The van der Waals surface area contributed by atoms with Crippen molar-refractivity contribution in [3.63, 3.8) is 0 Å². The highest BCUT2D eigenvalue weighted by molar-refractivity contribution is 7.68. The second-order valence-electron chi connectivity index (χ2n) is 5.78. The molecule has 0 atom stereocenters. The van der Waals surface area contributed by atoms with Crippen LogP contribution in [0.5, 0.6) is 5.75 Å². The lowest BCUT2D eigenvalue weighted by atomic mass is 10.0. The van der Waals surface area contributed by atoms with Gasteiger partial charge in [0.05, 0.1) is 0 Å². The molecule has 0 N–H and O–H groups in total. The number of benzene rings is 3. The van der Waals surface area contributed by atoms with Crippen LogP contribution >= 0.6 is 8.15 Å². The van der Waals surface area contributed by atoms with Crippen LogP contribution in [0, 0.1) is 0 Å². The van der Waals surface area contributed by atoms with E-state index in [0.717, 1.165) is 5.75 Å². The van der Waals surface area contributed by atoms with E-state index in [1.54, 1.807) is 0 Å². The van der Waals surface area contributed by atoms with E-state index in [2.05, 4.69) is 86.6 Å². The molecule has 1 nitrogen and oxygen atoms in total. The summed E-state index contributed by atoms with van der Waals surface area (Å²) in [4.78, 5) is 0. The maximum Gasteiger partial charge on any atom is 0.150 e. The molecule has 0 fully saturated rings. The first-order valence-electron chi connectivity index (χ1n) is 7.92. The quantitative estimate of drug-likeness (QED) is 0.584. The van der Waals surface area contributed by atoms with Gasteiger partial charge < -0.3 is 4.52 Å². The highest BCUT2D eigenvalue weighted by atomic mass is 31.1. The molecule has 0 saturated heterocycles. The van der Waals surface area contributed by atoms with Crippen LogP contribution in [-0.4, -0.2) is 0 Å². The fourth-order valence-electron chi connectivity index (χ4n) is 2.40. The van der Waals surface area contributed by atoms with Crippen LogP contribution in [-0.2, 0) is 0 Å². The first kappa shape index (κ1) is 15.8. The molecular weight excluding hydrogens is 299 g/mol. The van der Waals surface area contributed by atoms with E-state index < -0.39 is 8.15 Å². The van der Waals surface area contributed by atoms with Gasteiger partial charge in [-0.3, -0.25) is 0 Å². The van der Waals surface area contributed by atoms with Gasteiger partial charge in [0.2, 0.25) is 0 Å². The Bertz CT molecular complexity index is 681. The van der Waals surface area contributed by atoms with Crippen LogP contribution in [0.4, 0.5) is 0 Å². The van der Waals surface area contributed by atoms with E-state index in [1.165, 1.54) is 16.2 Å². The van der Waals surface area contributed by atoms with Crippen molar-refractivity contribution in [2.45, 2.75) is 19.8 Å². The van der Waals surface area contributed by atoms with Gasteiger partial charge in [0, 0.05) is 10.6 Å². The molecule has 0 radical (unpaired) electrons. The first-order valence-corrected chi connectivity index (χ1v) is 9.18. The Morgan fingerprint density at radius 3 is 1.57 bits per heavy atom. The van der Waals surface area contributed by atoms with Gasteiger partial charge in [0.1, 0.15) is 5.75 Å². The lowest BCUT2D eigenvalue weighted by Crippen LogP contribution is -2.15. The van der Waals surface area contributed by atoms with E-state index in [0.29, 0.717) is 5.92 Å². The van der Waals surface area contributed by atoms with Gasteiger partial charge in [-0.2, -0.15) is 0 Å². The largest absolute Gasteiger partial charge is 0.464 e. The molecule has 2 heteroatoms. The molecule has 0 amide bonds. The zero-order chi connectivity index (χ0) is 16.1. The third-order valence-corrected chi connectivity index (χ3v) is 5.65. The zero-order valence-corrected chi connectivity index (χ0v) is 14.4. The van der Waals surface area contributed by atoms with Crippen LogP contribution in [0.25, 0.3) is 0 Å². The Morgan fingerprint density at radius 2 is 1.13 bits per heavy atom. The lowest BCUT2D eigenvalue weighted by Gasteiger charge is -2.19. The van der Waals surface area contributed by atoms with Gasteiger partial charge in [-0.05, 0) is 23.6 Å². The monoisotopic (exact) mass is 320 g/mol.